The summed E-state index contributed by atoms with van der Waals surface area (Å²) in [5, 5.41) is 0.336. The summed E-state index contributed by atoms with van der Waals surface area (Å²) in [6, 6.07) is 5.10. The first-order chi connectivity index (χ1) is 4.20. The highest BCUT2D eigenvalue weighted by atomic mass is 35.5. The Morgan fingerprint density at radius 1 is 1.57 bits per heavy atom. The van der Waals surface area contributed by atoms with Gasteiger partial charge in [-0.05, 0) is 12.1 Å². The smallest absolute Gasteiger partial charge is 0.0638 e. The third-order valence-electron chi connectivity index (χ3n) is 0.611. The van der Waals surface area contributed by atoms with Crippen molar-refractivity contribution in [3.8, 4) is 0 Å². The maximum absolute atomic E-state index is 7.10. The Hall–Kier alpha value is -0.490. The molecule has 0 heterocycles. The Balaban J connectivity index is 3.17. The maximum Gasteiger partial charge on any atom is 0.0638 e. The molecule has 0 N–H and O–H groups in total. The third-order valence-corrected chi connectivity index (χ3v) is 0.829. The standard InChI is InChI=1S/C6H5Cl/c7-6-4-2-1-3-5-6/h1-5H/i2D,5D. The summed E-state index contributed by atoms with van der Waals surface area (Å²) < 4.78 is 14.2. The van der Waals surface area contributed by atoms with Gasteiger partial charge in [0.05, 0.1) is 2.74 Å². The van der Waals surface area contributed by atoms with Gasteiger partial charge in [0, 0.05) is 5.02 Å². The van der Waals surface area contributed by atoms with Crippen LogP contribution in [0.4, 0.5) is 0 Å². The van der Waals surface area contributed by atoms with E-state index in [9.17, 15) is 0 Å². The molecule has 0 aromatic heterocycles. The molecule has 0 saturated carbocycles. The zero-order valence-electron chi connectivity index (χ0n) is 5.61. The van der Waals surface area contributed by atoms with E-state index in [4.69, 9.17) is 14.3 Å². The molecule has 0 aliphatic heterocycles. The summed E-state index contributed by atoms with van der Waals surface area (Å²) in [6.45, 7) is 0. The van der Waals surface area contributed by atoms with E-state index in [1.54, 1.807) is 0 Å². The highest BCUT2D eigenvalue weighted by Crippen LogP contribution is 2.03. The van der Waals surface area contributed by atoms with Gasteiger partial charge in [-0.1, -0.05) is 29.8 Å². The zero-order valence-corrected chi connectivity index (χ0v) is 4.37. The van der Waals surface area contributed by atoms with Gasteiger partial charge in [0.1, 0.15) is 0 Å². The van der Waals surface area contributed by atoms with E-state index in [2.05, 4.69) is 0 Å². The van der Waals surface area contributed by atoms with Gasteiger partial charge >= 0.3 is 0 Å². The summed E-state index contributed by atoms with van der Waals surface area (Å²) in [5.74, 6) is 0. The first-order valence-corrected chi connectivity index (χ1v) is 2.30. The Morgan fingerprint density at radius 2 is 2.43 bits per heavy atom. The van der Waals surface area contributed by atoms with Crippen LogP contribution in [0.1, 0.15) is 2.74 Å². The number of rotatable bonds is 0. The number of halogens is 1. The normalized spacial score (nSPS) is 12.7. The fraction of sp³-hybridized carbons (Fsp3) is 0. The SMILES string of the molecule is [2H]c1ccc([2H])c(Cl)c1. The highest BCUT2D eigenvalue weighted by molar-refractivity contribution is 6.30. The fourth-order valence-electron chi connectivity index (χ4n) is 0.332. The maximum atomic E-state index is 7.10. The molecule has 1 aromatic carbocycles. The van der Waals surface area contributed by atoms with Gasteiger partial charge in [-0.2, -0.15) is 0 Å². The lowest BCUT2D eigenvalue weighted by molar-refractivity contribution is 1.71. The van der Waals surface area contributed by atoms with Crippen molar-refractivity contribution in [1.82, 2.24) is 0 Å². The molecule has 0 aliphatic carbocycles. The summed E-state index contributed by atoms with van der Waals surface area (Å²) in [6.07, 6.45) is 0. The van der Waals surface area contributed by atoms with Crippen molar-refractivity contribution in [3.05, 3.63) is 35.3 Å². The number of hydrogen-bond donors (Lipinski definition) is 0. The second kappa shape index (κ2) is 1.99. The molecule has 0 amide bonds. The van der Waals surface area contributed by atoms with Crippen LogP contribution < -0.4 is 0 Å². The minimum Gasteiger partial charge on any atom is -0.0843 e. The second-order valence-electron chi connectivity index (χ2n) is 1.14. The predicted octanol–water partition coefficient (Wildman–Crippen LogP) is 2.34. The first-order valence-electron chi connectivity index (χ1n) is 2.93. The van der Waals surface area contributed by atoms with E-state index in [1.807, 2.05) is 0 Å². The van der Waals surface area contributed by atoms with Crippen molar-refractivity contribution < 1.29 is 2.74 Å². The van der Waals surface area contributed by atoms with Gasteiger partial charge in [0.15, 0.2) is 0 Å². The Labute approximate surface area is 50.5 Å². The van der Waals surface area contributed by atoms with E-state index in [0.717, 1.165) is 0 Å². The Morgan fingerprint density at radius 3 is 3.00 bits per heavy atom. The quantitative estimate of drug-likeness (QED) is 0.486. The average Bonchev–Trinajstić information content (AvgIpc) is 1.80. The summed E-state index contributed by atoms with van der Waals surface area (Å²) >= 11 is 5.51. The number of hydrogen-bond acceptors (Lipinski definition) is 0. The average molecular weight is 115 g/mol. The van der Waals surface area contributed by atoms with E-state index in [0.29, 0.717) is 11.1 Å². The molecular weight excluding hydrogens is 108 g/mol. The van der Waals surface area contributed by atoms with Gasteiger partial charge in [0.2, 0.25) is 0 Å². The van der Waals surface area contributed by atoms with Crippen molar-refractivity contribution in [3.63, 3.8) is 0 Å². The molecule has 7 heavy (non-hydrogen) atoms. The van der Waals surface area contributed by atoms with Crippen molar-refractivity contribution in [1.29, 1.82) is 0 Å². The molecule has 1 heteroatoms. The molecule has 1 aromatic rings. The van der Waals surface area contributed by atoms with Crippen molar-refractivity contribution in [2.45, 2.75) is 0 Å². The topological polar surface area (TPSA) is 0 Å². The van der Waals surface area contributed by atoms with Gasteiger partial charge in [-0.3, -0.25) is 0 Å². The lowest BCUT2D eigenvalue weighted by Crippen LogP contribution is -1.55. The minimum atomic E-state index is 0.271. The van der Waals surface area contributed by atoms with Crippen LogP contribution in [-0.4, -0.2) is 0 Å². The van der Waals surface area contributed by atoms with Crippen LogP contribution >= 0.6 is 11.6 Å². The minimum absolute atomic E-state index is 0.271. The van der Waals surface area contributed by atoms with Gasteiger partial charge in [-0.15, -0.1) is 0 Å². The van der Waals surface area contributed by atoms with E-state index in [1.165, 1.54) is 18.2 Å². The lowest BCUT2D eigenvalue weighted by atomic mass is 10.4. The molecule has 36 valence electrons. The molecule has 0 spiro atoms. The second-order valence-corrected chi connectivity index (χ2v) is 1.54. The van der Waals surface area contributed by atoms with Crippen LogP contribution in [0, 0.1) is 0 Å². The molecule has 0 nitrogen and oxygen atoms in total. The van der Waals surface area contributed by atoms with Gasteiger partial charge in [-0.25, -0.2) is 0 Å². The first kappa shape index (κ1) is 2.73. The fourth-order valence-corrected chi connectivity index (χ4v) is 0.458. The van der Waals surface area contributed by atoms with Crippen LogP contribution in [0.15, 0.2) is 30.3 Å². The molecule has 1 rings (SSSR count). The summed E-state index contributed by atoms with van der Waals surface area (Å²) in [5.41, 5.74) is 0. The Kier molecular flexibility index (Phi) is 0.775. The molecule has 0 fully saturated rings. The van der Waals surface area contributed by atoms with E-state index < -0.39 is 0 Å². The predicted molar refractivity (Wildman–Crippen MR) is 31.5 cm³/mol. The highest BCUT2D eigenvalue weighted by Gasteiger charge is 1.74. The van der Waals surface area contributed by atoms with Crippen LogP contribution in [0.2, 0.25) is 5.02 Å². The molecular formula is C6H5Cl. The molecule has 0 aliphatic rings. The molecule has 0 atom stereocenters. The largest absolute Gasteiger partial charge is 0.0843 e. The molecule has 0 bridgehead atoms. The molecule has 0 unspecified atom stereocenters. The van der Waals surface area contributed by atoms with E-state index in [-0.39, 0.29) is 6.04 Å². The van der Waals surface area contributed by atoms with Crippen molar-refractivity contribution in [2.24, 2.45) is 0 Å². The van der Waals surface area contributed by atoms with Gasteiger partial charge in [0.25, 0.3) is 0 Å². The zero-order chi connectivity index (χ0) is 6.85. The molecule has 0 radical (unpaired) electrons. The van der Waals surface area contributed by atoms with Crippen LogP contribution in [-0.2, 0) is 0 Å². The Bertz CT molecular complexity index is 222. The van der Waals surface area contributed by atoms with Crippen LogP contribution in [0.3, 0.4) is 0 Å². The van der Waals surface area contributed by atoms with Crippen LogP contribution in [0.5, 0.6) is 0 Å². The van der Waals surface area contributed by atoms with Crippen molar-refractivity contribution in [2.75, 3.05) is 0 Å². The number of benzene rings is 1. The lowest BCUT2D eigenvalue weighted by Gasteiger charge is -1.80. The van der Waals surface area contributed by atoms with Crippen molar-refractivity contribution >= 4 is 11.6 Å². The van der Waals surface area contributed by atoms with E-state index >= 15 is 0 Å². The molecule has 0 saturated heterocycles. The van der Waals surface area contributed by atoms with Gasteiger partial charge < -0.3 is 0 Å². The van der Waals surface area contributed by atoms with Crippen LogP contribution in [0.25, 0.3) is 0 Å². The summed E-state index contributed by atoms with van der Waals surface area (Å²) in [7, 11) is 0. The monoisotopic (exact) mass is 114 g/mol. The third kappa shape index (κ3) is 1.20. The summed E-state index contributed by atoms with van der Waals surface area (Å²) in [4.78, 5) is 0.